The lowest BCUT2D eigenvalue weighted by atomic mass is 10.0. The van der Waals surface area contributed by atoms with Crippen molar-refractivity contribution in [3.05, 3.63) is 70.8 Å². The van der Waals surface area contributed by atoms with Gasteiger partial charge in [-0.25, -0.2) is 9.78 Å². The Morgan fingerprint density at radius 2 is 1.50 bits per heavy atom. The van der Waals surface area contributed by atoms with Crippen molar-refractivity contribution in [3.63, 3.8) is 0 Å². The van der Waals surface area contributed by atoms with E-state index in [1.54, 1.807) is 0 Å². The van der Waals surface area contributed by atoms with E-state index in [0.717, 1.165) is 48.8 Å². The van der Waals surface area contributed by atoms with Crippen LogP contribution in [-0.4, -0.2) is 36.2 Å². The number of pyridine rings is 1. The highest BCUT2D eigenvalue weighted by atomic mass is 19.4. The monoisotopic (exact) mass is 541 g/mol. The number of aromatic nitrogens is 1. The zero-order valence-corrected chi connectivity index (χ0v) is 21.3. The van der Waals surface area contributed by atoms with E-state index in [-0.39, 0.29) is 18.2 Å². The summed E-state index contributed by atoms with van der Waals surface area (Å²) in [7, 11) is 1.10. The van der Waals surface area contributed by atoms with Crippen LogP contribution in [0.3, 0.4) is 0 Å². The second kappa shape index (κ2) is 11.9. The number of benzene rings is 2. The molecule has 1 aliphatic heterocycles. The third-order valence-corrected chi connectivity index (χ3v) is 6.00. The second-order valence-corrected chi connectivity index (χ2v) is 8.60. The van der Waals surface area contributed by atoms with Crippen molar-refractivity contribution >= 4 is 22.8 Å². The van der Waals surface area contributed by atoms with Gasteiger partial charge < -0.3 is 9.64 Å². The summed E-state index contributed by atoms with van der Waals surface area (Å²) in [5.41, 5.74) is -1.85. The maximum atomic E-state index is 13.3. The van der Waals surface area contributed by atoms with Crippen molar-refractivity contribution in [1.29, 1.82) is 0 Å². The van der Waals surface area contributed by atoms with Gasteiger partial charge in [0.25, 0.3) is 0 Å². The minimum Gasteiger partial charge on any atom is -0.453 e. The number of para-hydroxylation sites is 1. The Morgan fingerprint density at radius 1 is 0.921 bits per heavy atom. The topological polar surface area (TPSA) is 45.7 Å². The largest absolute Gasteiger partial charge is 0.453 e. The fourth-order valence-corrected chi connectivity index (χ4v) is 4.32. The van der Waals surface area contributed by atoms with Gasteiger partial charge in [-0.2, -0.15) is 26.3 Å². The Bertz CT molecular complexity index is 1220. The Hall–Kier alpha value is -3.50. The van der Waals surface area contributed by atoms with Crippen LogP contribution in [0.1, 0.15) is 48.9 Å². The average molecular weight is 542 g/mol. The van der Waals surface area contributed by atoms with E-state index in [1.807, 2.05) is 44.2 Å². The fourth-order valence-electron chi connectivity index (χ4n) is 4.32. The molecule has 0 aliphatic carbocycles. The molecule has 2 heterocycles. The summed E-state index contributed by atoms with van der Waals surface area (Å²) in [6.45, 7) is 4.86. The Morgan fingerprint density at radius 3 is 2.05 bits per heavy atom. The van der Waals surface area contributed by atoms with Gasteiger partial charge in [0.2, 0.25) is 0 Å². The molecule has 1 aromatic heterocycles. The molecule has 1 saturated heterocycles. The first-order chi connectivity index (χ1) is 18.0. The van der Waals surface area contributed by atoms with E-state index in [0.29, 0.717) is 23.5 Å². The molecule has 206 valence electrons. The number of alkyl halides is 6. The molecule has 0 bridgehead atoms. The Labute approximate surface area is 217 Å². The van der Waals surface area contributed by atoms with Crippen molar-refractivity contribution in [2.75, 3.05) is 25.1 Å². The van der Waals surface area contributed by atoms with Gasteiger partial charge in [-0.3, -0.25) is 4.90 Å². The third kappa shape index (κ3) is 6.87. The lowest BCUT2D eigenvalue weighted by molar-refractivity contribution is -0.143. The van der Waals surface area contributed by atoms with Crippen molar-refractivity contribution in [2.24, 2.45) is 0 Å². The molecule has 2 aromatic carbocycles. The SMILES string of the molecule is CC.COC(=O)N(Cc1cc(C(F)(F)F)cc(C(F)(F)F)c1)Cc1cc2ccccc2nc1N1CCCC1. The number of anilines is 1. The molecular formula is C27H29F6N3O2. The molecule has 5 nitrogen and oxygen atoms in total. The quantitative estimate of drug-likeness (QED) is 0.311. The first-order valence-corrected chi connectivity index (χ1v) is 12.2. The molecule has 38 heavy (non-hydrogen) atoms. The van der Waals surface area contributed by atoms with Crippen molar-refractivity contribution in [1.82, 2.24) is 9.88 Å². The summed E-state index contributed by atoms with van der Waals surface area (Å²) in [5.74, 6) is 0.625. The number of rotatable bonds is 5. The highest BCUT2D eigenvalue weighted by Crippen LogP contribution is 2.37. The van der Waals surface area contributed by atoms with E-state index in [2.05, 4.69) is 4.90 Å². The Balaban J connectivity index is 0.00000195. The van der Waals surface area contributed by atoms with E-state index < -0.39 is 36.1 Å². The highest BCUT2D eigenvalue weighted by molar-refractivity contribution is 5.82. The summed E-state index contributed by atoms with van der Waals surface area (Å²) < 4.78 is 84.8. The summed E-state index contributed by atoms with van der Waals surface area (Å²) >= 11 is 0. The van der Waals surface area contributed by atoms with Crippen molar-refractivity contribution in [2.45, 2.75) is 52.1 Å². The van der Waals surface area contributed by atoms with Crippen LogP contribution in [0.4, 0.5) is 37.0 Å². The molecule has 0 unspecified atom stereocenters. The number of fused-ring (bicyclic) bond motifs is 1. The molecule has 1 fully saturated rings. The summed E-state index contributed by atoms with van der Waals surface area (Å²) in [6, 6.07) is 10.5. The molecule has 0 saturated carbocycles. The lowest BCUT2D eigenvalue weighted by Crippen LogP contribution is -2.31. The molecule has 0 atom stereocenters. The molecule has 4 rings (SSSR count). The Kier molecular flexibility index (Phi) is 9.11. The van der Waals surface area contributed by atoms with E-state index in [9.17, 15) is 31.1 Å². The maximum absolute atomic E-state index is 13.3. The van der Waals surface area contributed by atoms with Crippen molar-refractivity contribution < 1.29 is 35.9 Å². The van der Waals surface area contributed by atoms with Gasteiger partial charge in [-0.05, 0) is 48.7 Å². The number of nitrogens with zero attached hydrogens (tertiary/aromatic N) is 3. The van der Waals surface area contributed by atoms with Gasteiger partial charge in [0.15, 0.2) is 0 Å². The molecule has 0 spiro atoms. The van der Waals surface area contributed by atoms with Crippen molar-refractivity contribution in [3.8, 4) is 0 Å². The second-order valence-electron chi connectivity index (χ2n) is 8.60. The first-order valence-electron chi connectivity index (χ1n) is 12.2. The molecular weight excluding hydrogens is 512 g/mol. The van der Waals surface area contributed by atoms with Crippen LogP contribution in [-0.2, 0) is 30.2 Å². The number of amides is 1. The van der Waals surface area contributed by atoms with E-state index in [1.165, 1.54) is 0 Å². The lowest BCUT2D eigenvalue weighted by Gasteiger charge is -2.26. The van der Waals surface area contributed by atoms with Crippen LogP contribution in [0.2, 0.25) is 0 Å². The standard InChI is InChI=1S/C25H23F6N3O2.C2H6/c1-36-23(35)34(14-16-10-19(24(26,27)28)13-20(11-16)25(29,30)31)15-18-12-17-6-2-3-7-21(17)32-22(18)33-8-4-5-9-33;1-2/h2-3,6-7,10-13H,4-5,8-9,14-15H2,1H3;1-2H3. The van der Waals surface area contributed by atoms with E-state index >= 15 is 0 Å². The average Bonchev–Trinajstić information content (AvgIpc) is 3.42. The minimum absolute atomic E-state index is 0.0602. The molecule has 1 aliphatic rings. The number of ether oxygens (including phenoxy) is 1. The van der Waals surface area contributed by atoms with Gasteiger partial charge in [-0.15, -0.1) is 0 Å². The number of hydrogen-bond acceptors (Lipinski definition) is 4. The van der Waals surface area contributed by atoms with Crippen LogP contribution in [0.25, 0.3) is 10.9 Å². The fraction of sp³-hybridized carbons (Fsp3) is 0.407. The predicted molar refractivity (Wildman–Crippen MR) is 133 cm³/mol. The zero-order valence-electron chi connectivity index (χ0n) is 21.3. The van der Waals surface area contributed by atoms with E-state index in [4.69, 9.17) is 9.72 Å². The maximum Gasteiger partial charge on any atom is 0.416 e. The van der Waals surface area contributed by atoms with Gasteiger partial charge in [0, 0.05) is 30.6 Å². The molecule has 0 radical (unpaired) electrons. The normalized spacial score (nSPS) is 13.8. The van der Waals surface area contributed by atoms with Gasteiger partial charge in [0.1, 0.15) is 5.82 Å². The summed E-state index contributed by atoms with van der Waals surface area (Å²) in [5, 5.41) is 0.790. The van der Waals surface area contributed by atoms with Crippen LogP contribution in [0.5, 0.6) is 0 Å². The van der Waals surface area contributed by atoms with Crippen LogP contribution >= 0.6 is 0 Å². The summed E-state index contributed by atoms with van der Waals surface area (Å²) in [4.78, 5) is 20.5. The van der Waals surface area contributed by atoms with Gasteiger partial charge >= 0.3 is 18.4 Å². The van der Waals surface area contributed by atoms with Crippen LogP contribution < -0.4 is 4.90 Å². The molecule has 1 amide bonds. The zero-order chi connectivity index (χ0) is 28.1. The molecule has 0 N–H and O–H groups in total. The number of methoxy groups -OCH3 is 1. The number of carbonyl (C=O) groups excluding carboxylic acids is 1. The minimum atomic E-state index is -4.99. The van der Waals surface area contributed by atoms with Gasteiger partial charge in [0.05, 0.1) is 30.3 Å². The third-order valence-electron chi connectivity index (χ3n) is 6.00. The number of carbonyl (C=O) groups is 1. The number of halogens is 6. The molecule has 3 aromatic rings. The summed E-state index contributed by atoms with van der Waals surface area (Å²) in [6.07, 6.45) is -8.95. The van der Waals surface area contributed by atoms with Crippen LogP contribution in [0.15, 0.2) is 48.5 Å². The smallest absolute Gasteiger partial charge is 0.416 e. The predicted octanol–water partition coefficient (Wildman–Crippen LogP) is 7.67. The molecule has 11 heteroatoms. The first kappa shape index (κ1) is 29.1. The number of hydrogen-bond donors (Lipinski definition) is 0. The van der Waals surface area contributed by atoms with Crippen LogP contribution in [0, 0.1) is 0 Å². The van der Waals surface area contributed by atoms with Gasteiger partial charge in [-0.1, -0.05) is 32.0 Å². The highest BCUT2D eigenvalue weighted by Gasteiger charge is 2.37.